The molecule has 3 heteroatoms. The standard InChI is InChI=1S/C12H26N2O/c1-5-13-11(10-15-4)12(14(2)3)8-6-7-9-12/h11,13H,5-10H2,1-4H3. The second-order valence-electron chi connectivity index (χ2n) is 4.77. The SMILES string of the molecule is CCNC(COC)C1(N(C)C)CCCC1. The van der Waals surface area contributed by atoms with E-state index in [-0.39, 0.29) is 0 Å². The minimum absolute atomic E-state index is 0.312. The third kappa shape index (κ3) is 2.71. The van der Waals surface area contributed by atoms with E-state index in [1.807, 2.05) is 0 Å². The van der Waals surface area contributed by atoms with Gasteiger partial charge in [-0.25, -0.2) is 0 Å². The zero-order valence-electron chi connectivity index (χ0n) is 10.7. The molecule has 15 heavy (non-hydrogen) atoms. The van der Waals surface area contributed by atoms with Gasteiger partial charge in [0.2, 0.25) is 0 Å². The highest BCUT2D eigenvalue weighted by Gasteiger charge is 2.42. The minimum atomic E-state index is 0.312. The van der Waals surface area contributed by atoms with Gasteiger partial charge in [-0.1, -0.05) is 19.8 Å². The van der Waals surface area contributed by atoms with Crippen LogP contribution in [-0.4, -0.2) is 50.8 Å². The van der Waals surface area contributed by atoms with E-state index in [2.05, 4.69) is 31.2 Å². The van der Waals surface area contributed by atoms with Crippen LogP contribution in [0, 0.1) is 0 Å². The van der Waals surface area contributed by atoms with E-state index < -0.39 is 0 Å². The fourth-order valence-corrected chi connectivity index (χ4v) is 2.91. The van der Waals surface area contributed by atoms with Crippen molar-refractivity contribution >= 4 is 0 Å². The van der Waals surface area contributed by atoms with Crippen molar-refractivity contribution in [3.8, 4) is 0 Å². The van der Waals surface area contributed by atoms with Gasteiger partial charge in [-0.2, -0.15) is 0 Å². The lowest BCUT2D eigenvalue weighted by Crippen LogP contribution is -2.59. The molecule has 0 aromatic rings. The molecule has 1 fully saturated rings. The minimum Gasteiger partial charge on any atom is -0.383 e. The molecule has 3 nitrogen and oxygen atoms in total. The number of likely N-dealkylation sites (N-methyl/N-ethyl adjacent to an activating group) is 2. The van der Waals surface area contributed by atoms with Gasteiger partial charge in [0.05, 0.1) is 6.61 Å². The summed E-state index contributed by atoms with van der Waals surface area (Å²) in [6.45, 7) is 4.00. The summed E-state index contributed by atoms with van der Waals surface area (Å²) in [6, 6.07) is 0.463. The van der Waals surface area contributed by atoms with E-state index in [0.717, 1.165) is 13.2 Å². The number of rotatable bonds is 6. The third-order valence-corrected chi connectivity index (χ3v) is 3.79. The molecule has 90 valence electrons. The van der Waals surface area contributed by atoms with Crippen molar-refractivity contribution in [2.24, 2.45) is 0 Å². The number of hydrogen-bond acceptors (Lipinski definition) is 3. The Kier molecular flexibility index (Phi) is 5.03. The molecule has 1 N–H and O–H groups in total. The average molecular weight is 214 g/mol. The highest BCUT2D eigenvalue weighted by molar-refractivity contribution is 5.01. The predicted octanol–water partition coefficient (Wildman–Crippen LogP) is 1.49. The number of hydrogen-bond donors (Lipinski definition) is 1. The van der Waals surface area contributed by atoms with Crippen molar-refractivity contribution < 1.29 is 4.74 Å². The third-order valence-electron chi connectivity index (χ3n) is 3.79. The largest absolute Gasteiger partial charge is 0.383 e. The van der Waals surface area contributed by atoms with Crippen molar-refractivity contribution in [2.75, 3.05) is 34.4 Å². The molecule has 1 rings (SSSR count). The predicted molar refractivity (Wildman–Crippen MR) is 64.2 cm³/mol. The Morgan fingerprint density at radius 3 is 2.33 bits per heavy atom. The van der Waals surface area contributed by atoms with E-state index >= 15 is 0 Å². The molecule has 0 spiro atoms. The molecule has 0 saturated heterocycles. The lowest BCUT2D eigenvalue weighted by atomic mass is 9.87. The lowest BCUT2D eigenvalue weighted by Gasteiger charge is -2.43. The summed E-state index contributed by atoms with van der Waals surface area (Å²) in [7, 11) is 6.19. The number of nitrogens with zero attached hydrogens (tertiary/aromatic N) is 1. The molecule has 0 heterocycles. The molecular formula is C12H26N2O. The number of nitrogens with one attached hydrogen (secondary N) is 1. The second-order valence-corrected chi connectivity index (χ2v) is 4.77. The topological polar surface area (TPSA) is 24.5 Å². The van der Waals surface area contributed by atoms with Crippen LogP contribution in [0.25, 0.3) is 0 Å². The van der Waals surface area contributed by atoms with Crippen molar-refractivity contribution in [3.05, 3.63) is 0 Å². The summed E-state index contributed by atoms with van der Waals surface area (Å²) in [5.74, 6) is 0. The summed E-state index contributed by atoms with van der Waals surface area (Å²) in [6.07, 6.45) is 5.29. The zero-order valence-corrected chi connectivity index (χ0v) is 10.7. The quantitative estimate of drug-likeness (QED) is 0.725. The Balaban J connectivity index is 2.74. The van der Waals surface area contributed by atoms with E-state index in [1.54, 1.807) is 7.11 Å². The van der Waals surface area contributed by atoms with Crippen LogP contribution in [0.4, 0.5) is 0 Å². The van der Waals surface area contributed by atoms with Gasteiger partial charge >= 0.3 is 0 Å². The molecule has 0 radical (unpaired) electrons. The first-order valence-electron chi connectivity index (χ1n) is 6.07. The van der Waals surface area contributed by atoms with Crippen molar-refractivity contribution in [3.63, 3.8) is 0 Å². The molecule has 1 atom stereocenters. The smallest absolute Gasteiger partial charge is 0.0633 e. The van der Waals surface area contributed by atoms with E-state index in [1.165, 1.54) is 25.7 Å². The van der Waals surface area contributed by atoms with Gasteiger partial charge in [-0.3, -0.25) is 0 Å². The first kappa shape index (κ1) is 12.9. The average Bonchev–Trinajstić information content (AvgIpc) is 2.67. The van der Waals surface area contributed by atoms with E-state index in [9.17, 15) is 0 Å². The second kappa shape index (κ2) is 5.83. The molecule has 0 bridgehead atoms. The molecule has 0 aromatic carbocycles. The van der Waals surface area contributed by atoms with Crippen LogP contribution in [0.5, 0.6) is 0 Å². The van der Waals surface area contributed by atoms with Crippen LogP contribution < -0.4 is 5.32 Å². The molecule has 1 unspecified atom stereocenters. The van der Waals surface area contributed by atoms with Crippen LogP contribution in [0.2, 0.25) is 0 Å². The highest BCUT2D eigenvalue weighted by atomic mass is 16.5. The molecule has 0 aromatic heterocycles. The van der Waals surface area contributed by atoms with Crippen LogP contribution in [0.3, 0.4) is 0 Å². The van der Waals surface area contributed by atoms with E-state index in [4.69, 9.17) is 4.74 Å². The van der Waals surface area contributed by atoms with E-state index in [0.29, 0.717) is 11.6 Å². The monoisotopic (exact) mass is 214 g/mol. The normalized spacial score (nSPS) is 22.2. The van der Waals surface area contributed by atoms with Crippen LogP contribution in [0.1, 0.15) is 32.6 Å². The fourth-order valence-electron chi connectivity index (χ4n) is 2.91. The maximum absolute atomic E-state index is 5.35. The Morgan fingerprint density at radius 2 is 1.93 bits per heavy atom. The number of methoxy groups -OCH3 is 1. The van der Waals surface area contributed by atoms with Gasteiger partial charge in [0.1, 0.15) is 0 Å². The molecule has 1 aliphatic carbocycles. The van der Waals surface area contributed by atoms with Gasteiger partial charge < -0.3 is 15.0 Å². The Morgan fingerprint density at radius 1 is 1.33 bits per heavy atom. The molecule has 0 aliphatic heterocycles. The molecule has 1 saturated carbocycles. The first-order chi connectivity index (χ1) is 7.17. The van der Waals surface area contributed by atoms with Gasteiger partial charge in [-0.15, -0.1) is 0 Å². The van der Waals surface area contributed by atoms with Gasteiger partial charge in [-0.05, 0) is 33.5 Å². The Bertz CT molecular complexity index is 170. The van der Waals surface area contributed by atoms with Crippen molar-refractivity contribution in [1.29, 1.82) is 0 Å². The van der Waals surface area contributed by atoms with Gasteiger partial charge in [0.15, 0.2) is 0 Å². The van der Waals surface area contributed by atoms with Crippen LogP contribution >= 0.6 is 0 Å². The summed E-state index contributed by atoms with van der Waals surface area (Å²) in [5, 5.41) is 3.58. The summed E-state index contributed by atoms with van der Waals surface area (Å²) in [4.78, 5) is 2.40. The Labute approximate surface area is 94.2 Å². The lowest BCUT2D eigenvalue weighted by molar-refractivity contribution is 0.0524. The van der Waals surface area contributed by atoms with Gasteiger partial charge in [0, 0.05) is 18.7 Å². The molecule has 0 amide bonds. The maximum atomic E-state index is 5.35. The van der Waals surface area contributed by atoms with Crippen LogP contribution in [0.15, 0.2) is 0 Å². The van der Waals surface area contributed by atoms with Crippen molar-refractivity contribution in [2.45, 2.75) is 44.2 Å². The highest BCUT2D eigenvalue weighted by Crippen LogP contribution is 2.36. The summed E-state index contributed by atoms with van der Waals surface area (Å²) >= 11 is 0. The number of ether oxygens (including phenoxy) is 1. The van der Waals surface area contributed by atoms with Crippen LogP contribution in [-0.2, 0) is 4.74 Å². The maximum Gasteiger partial charge on any atom is 0.0633 e. The zero-order chi connectivity index (χ0) is 11.3. The molecular weight excluding hydrogens is 188 g/mol. The van der Waals surface area contributed by atoms with Crippen molar-refractivity contribution in [1.82, 2.24) is 10.2 Å². The molecule has 1 aliphatic rings. The Hall–Kier alpha value is -0.120. The summed E-state index contributed by atoms with van der Waals surface area (Å²) in [5.41, 5.74) is 0.312. The fraction of sp³-hybridized carbons (Fsp3) is 1.00. The first-order valence-corrected chi connectivity index (χ1v) is 6.07. The summed E-state index contributed by atoms with van der Waals surface area (Å²) < 4.78 is 5.35. The van der Waals surface area contributed by atoms with Gasteiger partial charge in [0.25, 0.3) is 0 Å².